The zero-order chi connectivity index (χ0) is 20.8. The normalized spacial score (nSPS) is 11.5. The summed E-state index contributed by atoms with van der Waals surface area (Å²) in [5, 5.41) is 9.41. The molecule has 1 atom stereocenters. The predicted molar refractivity (Wildman–Crippen MR) is 106 cm³/mol. The second kappa shape index (κ2) is 8.79. The van der Waals surface area contributed by atoms with Crippen LogP contribution in [0.1, 0.15) is 34.2 Å². The van der Waals surface area contributed by atoms with Crippen molar-refractivity contribution < 1.29 is 14.4 Å². The molecule has 0 fully saturated rings. The molecule has 0 aliphatic heterocycles. The third kappa shape index (κ3) is 4.83. The molecule has 0 aliphatic carbocycles. The Kier molecular flexibility index (Phi) is 5.98. The lowest BCUT2D eigenvalue weighted by Crippen LogP contribution is -2.45. The molecule has 1 unspecified atom stereocenters. The zero-order valence-corrected chi connectivity index (χ0v) is 15.6. The van der Waals surface area contributed by atoms with Gasteiger partial charge in [-0.1, -0.05) is 36.4 Å². The number of nitrogens with zero attached hydrogens (tertiary/aromatic N) is 1. The second-order valence-corrected chi connectivity index (χ2v) is 6.39. The standard InChI is InChI=1S/C20H19N5O4/c1-12(21-18(27)13-7-3-2-4-8-13)11-16(26)22-25-20(29)17-14-9-5-6-10-15(14)19(28)24-23-17/h2-10,12H,11H2,1H3,(H,21,27)(H,22,26)(H,24,28)(H,25,29). The summed E-state index contributed by atoms with van der Waals surface area (Å²) in [6.07, 6.45) is -0.0430. The SMILES string of the molecule is CC(CC(=O)NNC(=O)c1n[nH]c(=O)c2ccccc12)NC(=O)c1ccccc1. The van der Waals surface area contributed by atoms with E-state index >= 15 is 0 Å². The van der Waals surface area contributed by atoms with Crippen molar-refractivity contribution in [2.24, 2.45) is 0 Å². The van der Waals surface area contributed by atoms with Crippen molar-refractivity contribution in [2.75, 3.05) is 0 Å². The van der Waals surface area contributed by atoms with Gasteiger partial charge in [-0.2, -0.15) is 5.10 Å². The van der Waals surface area contributed by atoms with Gasteiger partial charge in [-0.3, -0.25) is 30.0 Å². The van der Waals surface area contributed by atoms with Crippen LogP contribution in [0.2, 0.25) is 0 Å². The number of hydrazine groups is 1. The summed E-state index contributed by atoms with van der Waals surface area (Å²) in [6.45, 7) is 1.68. The molecule has 3 aromatic rings. The number of aromatic nitrogens is 2. The summed E-state index contributed by atoms with van der Waals surface area (Å²) in [4.78, 5) is 48.3. The molecule has 0 saturated heterocycles. The lowest BCUT2D eigenvalue weighted by Gasteiger charge is -2.14. The highest BCUT2D eigenvalue weighted by Crippen LogP contribution is 2.11. The molecular formula is C20H19N5O4. The molecule has 0 saturated carbocycles. The number of amides is 3. The van der Waals surface area contributed by atoms with E-state index in [0.717, 1.165) is 0 Å². The number of fused-ring (bicyclic) bond motifs is 1. The molecule has 148 valence electrons. The van der Waals surface area contributed by atoms with Crippen molar-refractivity contribution in [3.63, 3.8) is 0 Å². The van der Waals surface area contributed by atoms with Gasteiger partial charge < -0.3 is 5.32 Å². The predicted octanol–water partition coefficient (Wildman–Crippen LogP) is 0.893. The first-order chi connectivity index (χ1) is 14.0. The Bertz CT molecular complexity index is 1110. The van der Waals surface area contributed by atoms with Crippen LogP contribution >= 0.6 is 0 Å². The Morgan fingerprint density at radius 2 is 1.59 bits per heavy atom. The van der Waals surface area contributed by atoms with Gasteiger partial charge in [-0.15, -0.1) is 0 Å². The Labute approximate surface area is 165 Å². The van der Waals surface area contributed by atoms with Crippen LogP contribution in [0.25, 0.3) is 10.8 Å². The molecule has 0 bridgehead atoms. The van der Waals surface area contributed by atoms with E-state index in [-0.39, 0.29) is 18.0 Å². The van der Waals surface area contributed by atoms with E-state index < -0.39 is 23.4 Å². The van der Waals surface area contributed by atoms with Crippen molar-refractivity contribution in [2.45, 2.75) is 19.4 Å². The molecule has 1 aromatic heterocycles. The number of hydrogen-bond acceptors (Lipinski definition) is 5. The third-order valence-electron chi connectivity index (χ3n) is 4.13. The van der Waals surface area contributed by atoms with Gasteiger partial charge in [0.1, 0.15) is 0 Å². The fraction of sp³-hybridized carbons (Fsp3) is 0.150. The maximum Gasteiger partial charge on any atom is 0.290 e. The lowest BCUT2D eigenvalue weighted by atomic mass is 10.1. The zero-order valence-electron chi connectivity index (χ0n) is 15.6. The van der Waals surface area contributed by atoms with Crippen LogP contribution in [-0.4, -0.2) is 34.0 Å². The first-order valence-corrected chi connectivity index (χ1v) is 8.88. The number of hydrogen-bond donors (Lipinski definition) is 4. The topological polar surface area (TPSA) is 133 Å². The number of benzene rings is 2. The highest BCUT2D eigenvalue weighted by Gasteiger charge is 2.16. The Hall–Kier alpha value is -4.01. The van der Waals surface area contributed by atoms with Gasteiger partial charge in [-0.25, -0.2) is 5.10 Å². The van der Waals surface area contributed by atoms with Gasteiger partial charge >= 0.3 is 0 Å². The van der Waals surface area contributed by atoms with E-state index in [4.69, 9.17) is 0 Å². The van der Waals surface area contributed by atoms with Gasteiger partial charge in [-0.05, 0) is 25.1 Å². The fourth-order valence-electron chi connectivity index (χ4n) is 2.75. The molecule has 1 heterocycles. The van der Waals surface area contributed by atoms with E-state index in [1.807, 2.05) is 0 Å². The smallest absolute Gasteiger partial charge is 0.290 e. The van der Waals surface area contributed by atoms with Crippen LogP contribution in [0.15, 0.2) is 59.4 Å². The largest absolute Gasteiger partial charge is 0.349 e. The van der Waals surface area contributed by atoms with Crippen LogP contribution in [0.3, 0.4) is 0 Å². The summed E-state index contributed by atoms with van der Waals surface area (Å²) in [7, 11) is 0. The average Bonchev–Trinajstić information content (AvgIpc) is 2.73. The minimum atomic E-state index is -0.674. The summed E-state index contributed by atoms with van der Waals surface area (Å²) < 4.78 is 0. The average molecular weight is 393 g/mol. The number of carbonyl (C=O) groups is 3. The molecule has 0 spiro atoms. The summed E-state index contributed by atoms with van der Waals surface area (Å²) in [5.41, 5.74) is 4.60. The van der Waals surface area contributed by atoms with Crippen LogP contribution in [-0.2, 0) is 4.79 Å². The summed E-state index contributed by atoms with van der Waals surface area (Å²) >= 11 is 0. The molecule has 4 N–H and O–H groups in total. The number of H-pyrrole nitrogens is 1. The second-order valence-electron chi connectivity index (χ2n) is 6.39. The van der Waals surface area contributed by atoms with Gasteiger partial charge in [0.2, 0.25) is 5.91 Å². The van der Waals surface area contributed by atoms with Crippen LogP contribution in [0, 0.1) is 0 Å². The van der Waals surface area contributed by atoms with Gasteiger partial charge in [0, 0.05) is 23.4 Å². The Morgan fingerprint density at radius 1 is 0.931 bits per heavy atom. The molecule has 2 aromatic carbocycles. The van der Waals surface area contributed by atoms with Crippen molar-refractivity contribution in [1.29, 1.82) is 0 Å². The van der Waals surface area contributed by atoms with Crippen LogP contribution < -0.4 is 21.7 Å². The van der Waals surface area contributed by atoms with Crippen molar-refractivity contribution >= 4 is 28.5 Å². The van der Waals surface area contributed by atoms with Crippen molar-refractivity contribution in [3.05, 3.63) is 76.2 Å². The van der Waals surface area contributed by atoms with E-state index in [0.29, 0.717) is 16.3 Å². The van der Waals surface area contributed by atoms with Crippen LogP contribution in [0.4, 0.5) is 0 Å². The molecule has 9 heteroatoms. The molecule has 0 aliphatic rings. The Morgan fingerprint density at radius 3 is 2.31 bits per heavy atom. The monoisotopic (exact) mass is 393 g/mol. The fourth-order valence-corrected chi connectivity index (χ4v) is 2.75. The van der Waals surface area contributed by atoms with Crippen molar-refractivity contribution in [1.82, 2.24) is 26.4 Å². The van der Waals surface area contributed by atoms with Crippen LogP contribution in [0.5, 0.6) is 0 Å². The molecular weight excluding hydrogens is 374 g/mol. The Balaban J connectivity index is 1.55. The maximum absolute atomic E-state index is 12.3. The number of aromatic amines is 1. The minimum absolute atomic E-state index is 0.0223. The highest BCUT2D eigenvalue weighted by atomic mass is 16.2. The number of rotatable bonds is 5. The summed E-state index contributed by atoms with van der Waals surface area (Å²) in [6, 6.07) is 14.7. The molecule has 9 nitrogen and oxygen atoms in total. The highest BCUT2D eigenvalue weighted by molar-refractivity contribution is 6.05. The third-order valence-corrected chi connectivity index (χ3v) is 4.13. The first-order valence-electron chi connectivity index (χ1n) is 8.88. The molecule has 29 heavy (non-hydrogen) atoms. The quantitative estimate of drug-likeness (QED) is 0.478. The molecule has 3 rings (SSSR count). The molecule has 0 radical (unpaired) electrons. The van der Waals surface area contributed by atoms with Crippen molar-refractivity contribution in [3.8, 4) is 0 Å². The number of nitrogens with one attached hydrogen (secondary N) is 4. The minimum Gasteiger partial charge on any atom is -0.349 e. The maximum atomic E-state index is 12.3. The van der Waals surface area contributed by atoms with Gasteiger partial charge in [0.25, 0.3) is 17.4 Å². The van der Waals surface area contributed by atoms with Gasteiger partial charge in [0.05, 0.1) is 5.39 Å². The number of carbonyl (C=O) groups excluding carboxylic acids is 3. The first kappa shape index (κ1) is 19.7. The van der Waals surface area contributed by atoms with E-state index in [1.165, 1.54) is 0 Å². The van der Waals surface area contributed by atoms with E-state index in [9.17, 15) is 19.2 Å². The van der Waals surface area contributed by atoms with E-state index in [1.54, 1.807) is 61.5 Å². The van der Waals surface area contributed by atoms with E-state index in [2.05, 4.69) is 26.4 Å². The van der Waals surface area contributed by atoms with Gasteiger partial charge in [0.15, 0.2) is 5.69 Å². The lowest BCUT2D eigenvalue weighted by molar-refractivity contribution is -0.122. The summed E-state index contributed by atoms with van der Waals surface area (Å²) in [5.74, 6) is -1.46. The molecule has 3 amide bonds.